The molecule has 1 amide bonds. The number of nitrogens with zero attached hydrogens (tertiary/aromatic N) is 4. The highest BCUT2D eigenvalue weighted by Crippen LogP contribution is 2.30. The molecule has 4 rings (SSSR count). The van der Waals surface area contributed by atoms with E-state index in [-0.39, 0.29) is 29.8 Å². The van der Waals surface area contributed by atoms with Crippen LogP contribution in [0.4, 0.5) is 11.4 Å². The number of anilines is 2. The van der Waals surface area contributed by atoms with Gasteiger partial charge in [0.05, 0.1) is 36.0 Å². The van der Waals surface area contributed by atoms with Gasteiger partial charge in [-0.2, -0.15) is 4.31 Å². The molecule has 2 heterocycles. The number of benzene rings is 2. The lowest BCUT2D eigenvalue weighted by atomic mass is 10.2. The number of morpholine rings is 1. The first-order valence-corrected chi connectivity index (χ1v) is 14.6. The van der Waals surface area contributed by atoms with Crippen molar-refractivity contribution in [2.45, 2.75) is 25.3 Å². The Balaban J connectivity index is 0.00000400. The van der Waals surface area contributed by atoms with Crippen molar-refractivity contribution >= 4 is 39.7 Å². The van der Waals surface area contributed by atoms with Crippen LogP contribution in [0.25, 0.3) is 0 Å². The molecule has 2 fully saturated rings. The van der Waals surface area contributed by atoms with E-state index in [0.29, 0.717) is 32.0 Å². The molecule has 9 nitrogen and oxygen atoms in total. The molecule has 1 N–H and O–H groups in total. The molecule has 2 aromatic carbocycles. The minimum Gasteiger partial charge on any atom is -0.379 e. The van der Waals surface area contributed by atoms with Gasteiger partial charge in [0.25, 0.3) is 0 Å². The highest BCUT2D eigenvalue weighted by molar-refractivity contribution is 7.89. The van der Waals surface area contributed by atoms with Crippen LogP contribution in [0.15, 0.2) is 53.4 Å². The van der Waals surface area contributed by atoms with E-state index in [4.69, 9.17) is 4.74 Å². The largest absolute Gasteiger partial charge is 0.379 e. The number of hydrogen-bond acceptors (Lipinski definition) is 7. The first kappa shape index (κ1) is 30.3. The van der Waals surface area contributed by atoms with Crippen LogP contribution in [0.3, 0.4) is 0 Å². The number of carbonyl (C=O) groups is 1. The van der Waals surface area contributed by atoms with Crippen LogP contribution in [-0.2, 0) is 26.1 Å². The van der Waals surface area contributed by atoms with Crippen LogP contribution in [0.5, 0.6) is 0 Å². The maximum atomic E-state index is 13.3. The van der Waals surface area contributed by atoms with Gasteiger partial charge in [0.1, 0.15) is 0 Å². The molecule has 0 spiro atoms. The number of sulfonamides is 1. The third kappa shape index (κ3) is 7.68. The molecule has 11 heteroatoms. The second kappa shape index (κ2) is 14.3. The monoisotopic (exact) mass is 565 g/mol. The Morgan fingerprint density at radius 3 is 2.18 bits per heavy atom. The van der Waals surface area contributed by atoms with E-state index in [1.54, 1.807) is 18.2 Å². The zero-order valence-corrected chi connectivity index (χ0v) is 24.0. The second-order valence-electron chi connectivity index (χ2n) is 9.45. The van der Waals surface area contributed by atoms with Gasteiger partial charge in [-0.1, -0.05) is 30.3 Å². The van der Waals surface area contributed by atoms with Crippen LogP contribution >= 0.6 is 12.4 Å². The van der Waals surface area contributed by atoms with Crippen LogP contribution in [0.1, 0.15) is 19.4 Å². The summed E-state index contributed by atoms with van der Waals surface area (Å²) in [6.45, 7) is 11.6. The Hall–Kier alpha value is -2.21. The van der Waals surface area contributed by atoms with Crippen molar-refractivity contribution in [1.29, 1.82) is 0 Å². The standard InChI is InChI=1S/C27H39N5O4S.ClH/c1-3-31(4-2)26-11-10-24(37(34,35)32-16-18-36-19-17-32)20-25(26)28-27(33)22-30-14-12-29(13-15-30)21-23-8-6-5-7-9-23;/h5-11,20H,3-4,12-19,21-22H2,1-2H3,(H,28,33);1H. The van der Waals surface area contributed by atoms with Crippen molar-refractivity contribution in [3.63, 3.8) is 0 Å². The van der Waals surface area contributed by atoms with Crippen LogP contribution in [0.2, 0.25) is 0 Å². The molecule has 2 aliphatic rings. The molecule has 0 radical (unpaired) electrons. The van der Waals surface area contributed by atoms with Crippen LogP contribution in [0, 0.1) is 0 Å². The van der Waals surface area contributed by atoms with Gasteiger partial charge in [0.15, 0.2) is 0 Å². The van der Waals surface area contributed by atoms with Crippen molar-refractivity contribution in [2.24, 2.45) is 0 Å². The minimum absolute atomic E-state index is 0. The summed E-state index contributed by atoms with van der Waals surface area (Å²) < 4.78 is 33.3. The van der Waals surface area contributed by atoms with Crippen molar-refractivity contribution in [3.8, 4) is 0 Å². The SMILES string of the molecule is CCN(CC)c1ccc(S(=O)(=O)N2CCOCC2)cc1NC(=O)CN1CCN(Cc2ccccc2)CC1.Cl. The first-order valence-electron chi connectivity index (χ1n) is 13.2. The highest BCUT2D eigenvalue weighted by atomic mass is 35.5. The summed E-state index contributed by atoms with van der Waals surface area (Å²) >= 11 is 0. The predicted octanol–water partition coefficient (Wildman–Crippen LogP) is 2.73. The maximum Gasteiger partial charge on any atom is 0.243 e. The van der Waals surface area contributed by atoms with E-state index in [1.165, 1.54) is 9.87 Å². The van der Waals surface area contributed by atoms with Crippen molar-refractivity contribution < 1.29 is 17.9 Å². The van der Waals surface area contributed by atoms with Crippen molar-refractivity contribution in [2.75, 3.05) is 82.3 Å². The maximum absolute atomic E-state index is 13.3. The average molecular weight is 566 g/mol. The normalized spacial score (nSPS) is 17.5. The molecule has 2 saturated heterocycles. The Labute approximate surface area is 233 Å². The van der Waals surface area contributed by atoms with Gasteiger partial charge in [0.2, 0.25) is 15.9 Å². The molecule has 0 atom stereocenters. The number of halogens is 1. The third-order valence-corrected chi connectivity index (χ3v) is 8.93. The number of carbonyl (C=O) groups excluding carboxylic acids is 1. The number of rotatable bonds is 10. The Morgan fingerprint density at radius 2 is 1.55 bits per heavy atom. The van der Waals surface area contributed by atoms with E-state index in [2.05, 4.69) is 44.3 Å². The van der Waals surface area contributed by atoms with Gasteiger partial charge in [-0.05, 0) is 37.6 Å². The lowest BCUT2D eigenvalue weighted by Crippen LogP contribution is -2.48. The average Bonchev–Trinajstić information content (AvgIpc) is 2.92. The third-order valence-electron chi connectivity index (χ3n) is 7.04. The summed E-state index contributed by atoms with van der Waals surface area (Å²) in [6, 6.07) is 15.5. The number of ether oxygens (including phenoxy) is 1. The fourth-order valence-electron chi connectivity index (χ4n) is 4.89. The molecule has 0 unspecified atom stereocenters. The molecule has 2 aliphatic heterocycles. The first-order chi connectivity index (χ1) is 17.9. The van der Waals surface area contributed by atoms with Gasteiger partial charge in [-0.15, -0.1) is 12.4 Å². The summed E-state index contributed by atoms with van der Waals surface area (Å²) in [5.74, 6) is -0.133. The summed E-state index contributed by atoms with van der Waals surface area (Å²) in [5.41, 5.74) is 2.65. The van der Waals surface area contributed by atoms with Gasteiger partial charge >= 0.3 is 0 Å². The van der Waals surface area contributed by atoms with E-state index >= 15 is 0 Å². The van der Waals surface area contributed by atoms with Crippen molar-refractivity contribution in [3.05, 3.63) is 54.1 Å². The van der Waals surface area contributed by atoms with Gasteiger partial charge in [-0.3, -0.25) is 14.6 Å². The van der Waals surface area contributed by atoms with Gasteiger partial charge in [-0.25, -0.2) is 8.42 Å². The fraction of sp³-hybridized carbons (Fsp3) is 0.519. The lowest BCUT2D eigenvalue weighted by molar-refractivity contribution is -0.117. The molecule has 0 aliphatic carbocycles. The molecule has 0 bridgehead atoms. The fourth-order valence-corrected chi connectivity index (χ4v) is 6.33. The number of amides is 1. The molecular formula is C27H40ClN5O4S. The molecule has 210 valence electrons. The zero-order chi connectivity index (χ0) is 26.3. The Morgan fingerprint density at radius 1 is 0.921 bits per heavy atom. The minimum atomic E-state index is -3.67. The van der Waals surface area contributed by atoms with Crippen LogP contribution in [-0.4, -0.2) is 101 Å². The second-order valence-corrected chi connectivity index (χ2v) is 11.4. The highest BCUT2D eigenvalue weighted by Gasteiger charge is 2.28. The molecule has 0 saturated carbocycles. The molecular weight excluding hydrogens is 526 g/mol. The Kier molecular flexibility index (Phi) is 11.4. The summed E-state index contributed by atoms with van der Waals surface area (Å²) in [5, 5.41) is 3.03. The Bertz CT molecular complexity index is 1130. The summed E-state index contributed by atoms with van der Waals surface area (Å²) in [7, 11) is -3.67. The summed E-state index contributed by atoms with van der Waals surface area (Å²) in [6.07, 6.45) is 0. The summed E-state index contributed by atoms with van der Waals surface area (Å²) in [4.78, 5) is 20.0. The molecule has 38 heavy (non-hydrogen) atoms. The smallest absolute Gasteiger partial charge is 0.243 e. The molecule has 0 aromatic heterocycles. The number of hydrogen-bond donors (Lipinski definition) is 1. The lowest BCUT2D eigenvalue weighted by Gasteiger charge is -2.34. The van der Waals surface area contributed by atoms with E-state index in [1.807, 2.05) is 19.9 Å². The van der Waals surface area contributed by atoms with E-state index < -0.39 is 10.0 Å². The quantitative estimate of drug-likeness (QED) is 0.474. The van der Waals surface area contributed by atoms with Gasteiger partial charge < -0.3 is 15.0 Å². The topological polar surface area (TPSA) is 85.4 Å². The number of nitrogens with one attached hydrogen (secondary N) is 1. The van der Waals surface area contributed by atoms with E-state index in [9.17, 15) is 13.2 Å². The predicted molar refractivity (Wildman–Crippen MR) is 154 cm³/mol. The van der Waals surface area contributed by atoms with Gasteiger partial charge in [0, 0.05) is 58.9 Å². The van der Waals surface area contributed by atoms with E-state index in [0.717, 1.165) is 51.5 Å². The zero-order valence-electron chi connectivity index (χ0n) is 22.3. The van der Waals surface area contributed by atoms with Crippen molar-refractivity contribution in [1.82, 2.24) is 14.1 Å². The van der Waals surface area contributed by atoms with Crippen LogP contribution < -0.4 is 10.2 Å². The number of piperazine rings is 1. The molecule has 2 aromatic rings.